The number of alkyl carbamates (subject to hydrolysis) is 1. The Bertz CT molecular complexity index is 3700. The predicted molar refractivity (Wildman–Crippen MR) is 272 cm³/mol. The maximum absolute atomic E-state index is 14.4. The Morgan fingerprint density at radius 3 is 2.00 bits per heavy atom. The van der Waals surface area contributed by atoms with Gasteiger partial charge in [0.05, 0.1) is 63.3 Å². The number of H-pyrrole nitrogens is 2. The third-order valence-corrected chi connectivity index (χ3v) is 19.5. The molecule has 3 fully saturated rings. The first-order valence-corrected chi connectivity index (χ1v) is 30.7. The second-order valence-electron chi connectivity index (χ2n) is 18.9. The second-order valence-corrected chi connectivity index (χ2v) is 25.4. The predicted octanol–water partition coefficient (Wildman–Crippen LogP) is -3.10. The lowest BCUT2D eigenvalue weighted by molar-refractivity contribution is -0.646. The number of hydrogen-bond acceptors (Lipinski definition) is 30. The van der Waals surface area contributed by atoms with E-state index in [4.69, 9.17) is 54.5 Å². The number of aryl methyl sites for hydroxylation is 1. The van der Waals surface area contributed by atoms with Crippen LogP contribution in [0.1, 0.15) is 44.9 Å². The molecule has 0 spiro atoms. The molecule has 40 nitrogen and oxygen atoms in total. The molecule has 3 saturated heterocycles. The first kappa shape index (κ1) is 61.8. The molecule has 83 heavy (non-hydrogen) atoms. The van der Waals surface area contributed by atoms with E-state index in [1.165, 1.54) is 22.5 Å². The van der Waals surface area contributed by atoms with Crippen LogP contribution < -0.4 is 43.1 Å². The van der Waals surface area contributed by atoms with Crippen molar-refractivity contribution in [1.29, 1.82) is 0 Å². The second kappa shape index (κ2) is 24.3. The minimum absolute atomic E-state index is 0.0146. The van der Waals surface area contributed by atoms with E-state index in [9.17, 15) is 67.5 Å². The number of nitrogens with zero attached hydrogens (tertiary/aromatic N) is 10. The third kappa shape index (κ3) is 13.1. The number of carbonyl (C=O) groups is 1. The van der Waals surface area contributed by atoms with Gasteiger partial charge in [0.2, 0.25) is 24.5 Å². The van der Waals surface area contributed by atoms with Crippen LogP contribution in [0.3, 0.4) is 0 Å². The van der Waals surface area contributed by atoms with Crippen molar-refractivity contribution < 1.29 is 108 Å². The summed E-state index contributed by atoms with van der Waals surface area (Å²) < 4.78 is 112. The number of rotatable bonds is 24. The van der Waals surface area contributed by atoms with E-state index in [0.29, 0.717) is 6.42 Å². The van der Waals surface area contributed by atoms with E-state index in [2.05, 4.69) is 53.8 Å². The zero-order valence-electron chi connectivity index (χ0n) is 43.4. The number of phosphoric acid groups is 3. The van der Waals surface area contributed by atoms with Crippen LogP contribution in [-0.2, 0) is 71.2 Å². The number of aliphatic hydroxyl groups is 3. The van der Waals surface area contributed by atoms with Gasteiger partial charge in [-0.3, -0.25) is 37.7 Å². The standard InChI is InChI=1S/C39H56N16O24P4/c1-4-5-6-7-43-39(61)71-8-16-17(75-34(23(16)56)55-15-52(2)22-31(55)49-38(42)51-33(22)60)9-73-81(64,65)78-83(68,69)79-82(66,67)74-11-19-27(26(70-3)36(77-19)53-13-46-20-28(40)44-12-45-29(20)53)80(62,63)72-10-18-24(57)25(58)35(76-18)54-14-47-21-30(54)48-37(41)50-32(21)59/h12-19,23-27,34-36,56-58H,4-11H2,1-3H3,(H12-,40,41,42,43,44,45,48,49,50,51,59,60,61,62,63,64,65,66,67,68,69)/t16-,17-,18?,19-,23-,24-,25-,26-,27-,34-,35-,36-/m1/s1. The van der Waals surface area contributed by atoms with Crippen LogP contribution in [0.5, 0.6) is 0 Å². The van der Waals surface area contributed by atoms with E-state index in [0.717, 1.165) is 48.1 Å². The number of nitrogens with one attached hydrogen (secondary N) is 3. The van der Waals surface area contributed by atoms with Crippen LogP contribution >= 0.6 is 31.1 Å². The summed E-state index contributed by atoms with van der Waals surface area (Å²) in [5.74, 6) is -2.07. The lowest BCUT2D eigenvalue weighted by Crippen LogP contribution is -2.40. The summed E-state index contributed by atoms with van der Waals surface area (Å²) >= 11 is 0. The Hall–Kier alpha value is -5.80. The first-order valence-electron chi connectivity index (χ1n) is 24.6. The number of aromatic amines is 2. The molecule has 0 bridgehead atoms. The number of hydrogen-bond donors (Lipinski definition) is 12. The molecule has 6 aromatic rings. The van der Waals surface area contributed by atoms with Gasteiger partial charge in [-0.05, 0) is 6.42 Å². The Kier molecular flexibility index (Phi) is 18.1. The largest absolute Gasteiger partial charge is 0.778 e. The number of nitrogen functional groups attached to an aromatic ring is 3. The van der Waals surface area contributed by atoms with E-state index in [1.54, 1.807) is 0 Å². The number of carbonyl (C=O) groups excluding carboxylic acids is 1. The van der Waals surface area contributed by atoms with Gasteiger partial charge in [0.25, 0.3) is 16.7 Å². The van der Waals surface area contributed by atoms with Gasteiger partial charge in [-0.1, -0.05) is 19.8 Å². The van der Waals surface area contributed by atoms with E-state index < -0.39 is 148 Å². The molecule has 3 aliphatic rings. The maximum atomic E-state index is 14.4. The van der Waals surface area contributed by atoms with Crippen molar-refractivity contribution in [3.63, 3.8) is 0 Å². The van der Waals surface area contributed by atoms with Gasteiger partial charge in [-0.25, -0.2) is 43.0 Å². The minimum Gasteiger partial charge on any atom is -0.778 e. The number of unbranched alkanes of at least 4 members (excludes halogenated alkanes) is 2. The summed E-state index contributed by atoms with van der Waals surface area (Å²) in [6.45, 7) is -1.93. The van der Waals surface area contributed by atoms with E-state index in [1.807, 2.05) is 6.92 Å². The van der Waals surface area contributed by atoms with E-state index >= 15 is 0 Å². The average molecular weight is 1260 g/mol. The summed E-state index contributed by atoms with van der Waals surface area (Å²) in [4.78, 5) is 113. The molecule has 9 rings (SSSR count). The molecule has 16 atom stereocenters. The Labute approximate surface area is 464 Å². The Morgan fingerprint density at radius 1 is 0.735 bits per heavy atom. The highest BCUT2D eigenvalue weighted by atomic mass is 31.3. The molecule has 1 amide bonds. The summed E-state index contributed by atoms with van der Waals surface area (Å²) in [5, 5.41) is 36.1. The van der Waals surface area contributed by atoms with Crippen molar-refractivity contribution in [3.8, 4) is 0 Å². The highest BCUT2D eigenvalue weighted by molar-refractivity contribution is 7.66. The number of phosphoric ester groups is 2. The first-order chi connectivity index (χ1) is 39.1. The number of methoxy groups -OCH3 is 1. The highest BCUT2D eigenvalue weighted by Gasteiger charge is 2.55. The number of amides is 1. The SMILES string of the molecule is CCCCCNC(=O)OC[C@H]1[C@@H](O)[C@H](n2c[n+](C)c3c(=O)[nH]c(N)nc32)O[C@@H]1COP(=O)(O)OP(=O)(O)OP(=O)(O)OC[C@H]1O[C@@H](n2cnc3c(N)ncnc32)[C@H](OC)[C@@H]1P(=O)([O-])OCC1O[C@@H](n2cnc3c(=O)[nH]c(N)nc32)[C@H](O)[C@@H]1O. The quantitative estimate of drug-likeness (QED) is 0.0162. The lowest BCUT2D eigenvalue weighted by Gasteiger charge is -2.35. The summed E-state index contributed by atoms with van der Waals surface area (Å²) in [6.07, 6.45) is -10.9. The minimum atomic E-state index is -6.29. The van der Waals surface area contributed by atoms with Crippen LogP contribution in [0.25, 0.3) is 33.5 Å². The Morgan fingerprint density at radius 2 is 1.33 bits per heavy atom. The van der Waals surface area contributed by atoms with Gasteiger partial charge < -0.3 is 90.2 Å². The van der Waals surface area contributed by atoms with Crippen LogP contribution in [0.2, 0.25) is 0 Å². The maximum Gasteiger partial charge on any atom is 0.490 e. The number of ether oxygens (including phenoxy) is 5. The van der Waals surface area contributed by atoms with Gasteiger partial charge in [0.1, 0.15) is 56.6 Å². The number of nitrogens with two attached hydrogens (primary N) is 3. The van der Waals surface area contributed by atoms with Gasteiger partial charge >= 0.3 is 35.1 Å². The number of anilines is 3. The summed E-state index contributed by atoms with van der Waals surface area (Å²) in [5.41, 5.74) is 13.4. The molecule has 3 aliphatic heterocycles. The molecule has 0 aromatic carbocycles. The number of aromatic nitrogens is 12. The van der Waals surface area contributed by atoms with Crippen molar-refractivity contribution >= 4 is 88.4 Å². The molecule has 0 aliphatic carbocycles. The van der Waals surface area contributed by atoms with Gasteiger partial charge in [0, 0.05) is 13.7 Å². The summed E-state index contributed by atoms with van der Waals surface area (Å²) in [6, 6.07) is 0. The topological polar surface area (TPSA) is 574 Å². The van der Waals surface area contributed by atoms with Crippen LogP contribution in [0, 0.1) is 5.92 Å². The molecule has 5 unspecified atom stereocenters. The van der Waals surface area contributed by atoms with E-state index in [-0.39, 0.29) is 57.8 Å². The monoisotopic (exact) mass is 1260 g/mol. The molecule has 9 heterocycles. The molecular weight excluding hydrogens is 1200 g/mol. The number of aliphatic hydroxyl groups excluding tert-OH is 3. The highest BCUT2D eigenvalue weighted by Crippen LogP contribution is 2.68. The normalized spacial score (nSPS) is 28.6. The fourth-order valence-electron chi connectivity index (χ4n) is 9.56. The van der Waals surface area contributed by atoms with Crippen molar-refractivity contribution in [2.24, 2.45) is 13.0 Å². The molecule has 6 aromatic heterocycles. The van der Waals surface area contributed by atoms with Crippen molar-refractivity contribution in [1.82, 2.24) is 58.9 Å². The molecule has 44 heteroatoms. The zero-order valence-corrected chi connectivity index (χ0v) is 47.0. The molecular formula is C39H56N16O24P4. The molecule has 456 valence electrons. The van der Waals surface area contributed by atoms with Crippen LogP contribution in [0.4, 0.5) is 22.5 Å². The van der Waals surface area contributed by atoms with Crippen molar-refractivity contribution in [2.45, 2.75) is 93.3 Å². The van der Waals surface area contributed by atoms with Crippen LogP contribution in [-0.4, -0.2) is 178 Å². The Balaban J connectivity index is 0.888. The average Bonchev–Trinajstić information content (AvgIpc) is 2.36. The van der Waals surface area contributed by atoms with Crippen molar-refractivity contribution in [3.05, 3.63) is 46.0 Å². The van der Waals surface area contributed by atoms with Crippen LogP contribution in [0.15, 0.2) is 34.9 Å². The summed E-state index contributed by atoms with van der Waals surface area (Å²) in [7, 11) is -21.3. The fourth-order valence-corrected chi connectivity index (χ4v) is 14.8. The van der Waals surface area contributed by atoms with Crippen molar-refractivity contribution in [2.75, 3.05) is 57.3 Å². The van der Waals surface area contributed by atoms with Gasteiger partial charge in [-0.15, -0.1) is 0 Å². The zero-order chi connectivity index (χ0) is 60.1. The van der Waals surface area contributed by atoms with Gasteiger partial charge in [-0.2, -0.15) is 23.2 Å². The number of imidazole rings is 3. The molecule has 0 radical (unpaired) electrons. The lowest BCUT2D eigenvalue weighted by atomic mass is 9.99. The van der Waals surface area contributed by atoms with Gasteiger partial charge in [0.15, 0.2) is 35.1 Å². The fraction of sp³-hybridized carbons (Fsp3) is 0.590. The third-order valence-electron chi connectivity index (χ3n) is 13.4. The molecule has 15 N–H and O–H groups in total. The number of fused-ring (bicyclic) bond motifs is 3. The molecule has 0 saturated carbocycles. The smallest absolute Gasteiger partial charge is 0.490 e.